The Hall–Kier alpha value is -1.84. The van der Waals surface area contributed by atoms with E-state index in [4.69, 9.17) is 9.94 Å². The first kappa shape index (κ1) is 13.2. The van der Waals surface area contributed by atoms with Crippen molar-refractivity contribution >= 4 is 11.9 Å². The molecular formula is C13H17NO3. The monoisotopic (exact) mass is 235 g/mol. The third-order valence-corrected chi connectivity index (χ3v) is 2.01. The van der Waals surface area contributed by atoms with Crippen molar-refractivity contribution in [2.24, 2.45) is 10.6 Å². The summed E-state index contributed by atoms with van der Waals surface area (Å²) in [6.45, 7) is 5.90. The predicted octanol–water partition coefficient (Wildman–Crippen LogP) is 3.07. The number of nitrogens with zero attached hydrogens (tertiary/aromatic N) is 1. The zero-order valence-corrected chi connectivity index (χ0v) is 10.3. The van der Waals surface area contributed by atoms with E-state index >= 15 is 0 Å². The average molecular weight is 235 g/mol. The van der Waals surface area contributed by atoms with Crippen LogP contribution in [0.25, 0.3) is 0 Å². The maximum atomic E-state index is 11.7. The molecule has 0 unspecified atom stereocenters. The molecule has 0 aliphatic heterocycles. The van der Waals surface area contributed by atoms with Gasteiger partial charge in [0.05, 0.1) is 5.56 Å². The molecule has 0 saturated heterocycles. The summed E-state index contributed by atoms with van der Waals surface area (Å²) in [7, 11) is 0. The molecule has 1 rings (SSSR count). The van der Waals surface area contributed by atoms with Crippen LogP contribution in [0.3, 0.4) is 0 Å². The Bertz CT molecular complexity index is 404. The van der Waals surface area contributed by atoms with Crippen molar-refractivity contribution in [3.63, 3.8) is 0 Å². The van der Waals surface area contributed by atoms with Gasteiger partial charge in [-0.05, 0) is 17.5 Å². The molecule has 0 spiro atoms. The number of hydrogen-bond donors (Lipinski definition) is 1. The quantitative estimate of drug-likeness (QED) is 0.282. The summed E-state index contributed by atoms with van der Waals surface area (Å²) >= 11 is 0. The Morgan fingerprint density at radius 1 is 1.29 bits per heavy atom. The van der Waals surface area contributed by atoms with Crippen molar-refractivity contribution in [2.45, 2.75) is 27.2 Å². The van der Waals surface area contributed by atoms with E-state index in [1.54, 1.807) is 24.3 Å². The summed E-state index contributed by atoms with van der Waals surface area (Å²) in [6.07, 6.45) is 0.391. The number of oxime groups is 1. The molecule has 1 aromatic carbocycles. The van der Waals surface area contributed by atoms with Crippen LogP contribution in [-0.4, -0.2) is 17.1 Å². The summed E-state index contributed by atoms with van der Waals surface area (Å²) in [5.41, 5.74) is 0.320. The minimum absolute atomic E-state index is 0.0337. The molecule has 0 heterocycles. The van der Waals surface area contributed by atoms with Crippen molar-refractivity contribution in [2.75, 3.05) is 0 Å². The van der Waals surface area contributed by atoms with E-state index in [-0.39, 0.29) is 11.3 Å². The van der Waals surface area contributed by atoms with Crippen LogP contribution in [0, 0.1) is 5.41 Å². The van der Waals surface area contributed by atoms with E-state index in [1.807, 2.05) is 26.8 Å². The number of ether oxygens (including phenoxy) is 1. The van der Waals surface area contributed by atoms with Crippen LogP contribution in [0.2, 0.25) is 0 Å². The van der Waals surface area contributed by atoms with Gasteiger partial charge in [0.25, 0.3) is 0 Å². The lowest BCUT2D eigenvalue weighted by atomic mass is 9.92. The SMILES string of the molecule is CC(C)(C)CC(=NO)OC(=O)c1ccccc1. The maximum absolute atomic E-state index is 11.7. The van der Waals surface area contributed by atoms with E-state index in [2.05, 4.69) is 5.16 Å². The normalized spacial score (nSPS) is 12.3. The smallest absolute Gasteiger partial charge is 0.344 e. The fraction of sp³-hybridized carbons (Fsp3) is 0.385. The van der Waals surface area contributed by atoms with Gasteiger partial charge in [-0.25, -0.2) is 4.79 Å². The molecule has 0 aliphatic carbocycles. The van der Waals surface area contributed by atoms with Crippen LogP contribution in [0.15, 0.2) is 35.5 Å². The Labute approximate surface area is 101 Å². The molecule has 0 aromatic heterocycles. The molecule has 0 amide bonds. The number of carbonyl (C=O) groups excluding carboxylic acids is 1. The van der Waals surface area contributed by atoms with E-state index in [0.717, 1.165) is 0 Å². The molecule has 92 valence electrons. The van der Waals surface area contributed by atoms with Gasteiger partial charge in [-0.1, -0.05) is 44.1 Å². The van der Waals surface area contributed by atoms with Gasteiger partial charge < -0.3 is 9.94 Å². The van der Waals surface area contributed by atoms with Crippen LogP contribution >= 0.6 is 0 Å². The molecule has 0 saturated carbocycles. The molecule has 17 heavy (non-hydrogen) atoms. The third-order valence-electron chi connectivity index (χ3n) is 2.01. The van der Waals surface area contributed by atoms with Crippen LogP contribution in [-0.2, 0) is 4.74 Å². The minimum Gasteiger partial charge on any atom is -0.408 e. The second-order valence-electron chi connectivity index (χ2n) is 4.99. The molecule has 0 aliphatic rings. The zero-order chi connectivity index (χ0) is 12.9. The van der Waals surface area contributed by atoms with Crippen LogP contribution in [0.1, 0.15) is 37.6 Å². The molecule has 0 radical (unpaired) electrons. The van der Waals surface area contributed by atoms with Gasteiger partial charge in [-0.3, -0.25) is 0 Å². The van der Waals surface area contributed by atoms with E-state index in [1.165, 1.54) is 0 Å². The molecule has 0 bridgehead atoms. The lowest BCUT2D eigenvalue weighted by Gasteiger charge is -2.17. The number of rotatable bonds is 2. The predicted molar refractivity (Wildman–Crippen MR) is 65.2 cm³/mol. The molecular weight excluding hydrogens is 218 g/mol. The van der Waals surface area contributed by atoms with Crippen LogP contribution in [0.4, 0.5) is 0 Å². The largest absolute Gasteiger partial charge is 0.408 e. The summed E-state index contributed by atoms with van der Waals surface area (Å²) in [5, 5.41) is 11.8. The second kappa shape index (κ2) is 5.48. The second-order valence-corrected chi connectivity index (χ2v) is 4.99. The Morgan fingerprint density at radius 2 is 1.88 bits per heavy atom. The highest BCUT2D eigenvalue weighted by Gasteiger charge is 2.19. The maximum Gasteiger partial charge on any atom is 0.344 e. The number of hydrogen-bond acceptors (Lipinski definition) is 4. The highest BCUT2D eigenvalue weighted by Crippen LogP contribution is 2.20. The molecule has 1 N–H and O–H groups in total. The Morgan fingerprint density at radius 3 is 2.35 bits per heavy atom. The fourth-order valence-electron chi connectivity index (χ4n) is 1.29. The van der Waals surface area contributed by atoms with Gasteiger partial charge in [-0.15, -0.1) is 0 Å². The molecule has 4 heteroatoms. The van der Waals surface area contributed by atoms with Gasteiger partial charge in [0, 0.05) is 6.42 Å². The molecule has 1 aromatic rings. The van der Waals surface area contributed by atoms with Crippen LogP contribution < -0.4 is 0 Å². The Kier molecular flexibility index (Phi) is 4.26. The van der Waals surface area contributed by atoms with Gasteiger partial charge in [0.2, 0.25) is 5.90 Å². The topological polar surface area (TPSA) is 58.9 Å². The van der Waals surface area contributed by atoms with E-state index in [9.17, 15) is 4.79 Å². The number of carbonyl (C=O) groups is 1. The minimum atomic E-state index is -0.511. The average Bonchev–Trinajstić information content (AvgIpc) is 2.27. The van der Waals surface area contributed by atoms with Crippen molar-refractivity contribution < 1.29 is 14.7 Å². The third kappa shape index (κ3) is 4.68. The molecule has 0 fully saturated rings. The lowest BCUT2D eigenvalue weighted by molar-refractivity contribution is 0.0695. The van der Waals surface area contributed by atoms with Gasteiger partial charge in [0.15, 0.2) is 0 Å². The van der Waals surface area contributed by atoms with Gasteiger partial charge in [0.1, 0.15) is 0 Å². The van der Waals surface area contributed by atoms with Crippen molar-refractivity contribution in [3.05, 3.63) is 35.9 Å². The summed E-state index contributed by atoms with van der Waals surface area (Å²) < 4.78 is 5.02. The zero-order valence-electron chi connectivity index (χ0n) is 10.3. The van der Waals surface area contributed by atoms with Gasteiger partial charge >= 0.3 is 5.97 Å². The number of benzene rings is 1. The summed E-state index contributed by atoms with van der Waals surface area (Å²) in [5.74, 6) is -0.478. The van der Waals surface area contributed by atoms with Crippen LogP contribution in [0.5, 0.6) is 0 Å². The van der Waals surface area contributed by atoms with Crippen molar-refractivity contribution in [1.82, 2.24) is 0 Å². The van der Waals surface area contributed by atoms with Crippen molar-refractivity contribution in [3.8, 4) is 0 Å². The standard InChI is InChI=1S/C13H17NO3/c1-13(2,3)9-11(14-16)17-12(15)10-7-5-4-6-8-10/h4-8,16H,9H2,1-3H3. The first-order valence-electron chi connectivity index (χ1n) is 5.40. The van der Waals surface area contributed by atoms with Crippen molar-refractivity contribution in [1.29, 1.82) is 0 Å². The first-order chi connectivity index (χ1) is 7.92. The highest BCUT2D eigenvalue weighted by molar-refractivity contribution is 5.98. The molecule has 4 nitrogen and oxygen atoms in total. The van der Waals surface area contributed by atoms with E-state index in [0.29, 0.717) is 12.0 Å². The number of esters is 1. The van der Waals surface area contributed by atoms with E-state index < -0.39 is 5.97 Å². The lowest BCUT2D eigenvalue weighted by Crippen LogP contribution is -2.19. The molecule has 0 atom stereocenters. The first-order valence-corrected chi connectivity index (χ1v) is 5.40. The van der Waals surface area contributed by atoms with Gasteiger partial charge in [-0.2, -0.15) is 0 Å². The highest BCUT2D eigenvalue weighted by atomic mass is 16.6. The Balaban J connectivity index is 2.68. The summed E-state index contributed by atoms with van der Waals surface area (Å²) in [6, 6.07) is 8.60. The fourth-order valence-corrected chi connectivity index (χ4v) is 1.29. The summed E-state index contributed by atoms with van der Waals surface area (Å²) in [4.78, 5) is 11.7.